The van der Waals surface area contributed by atoms with E-state index in [1.54, 1.807) is 12.4 Å². The summed E-state index contributed by atoms with van der Waals surface area (Å²) in [7, 11) is 2.15. The second-order valence-electron chi connectivity index (χ2n) is 8.13. The molecule has 0 bridgehead atoms. The van der Waals surface area contributed by atoms with Crippen molar-refractivity contribution in [2.24, 2.45) is 0 Å². The predicted octanol–water partition coefficient (Wildman–Crippen LogP) is 4.94. The number of hydrogen-bond acceptors (Lipinski definition) is 3. The summed E-state index contributed by atoms with van der Waals surface area (Å²) in [5.41, 5.74) is 2.59. The molecule has 1 aliphatic heterocycles. The van der Waals surface area contributed by atoms with Gasteiger partial charge in [0.1, 0.15) is 0 Å². The molecular weight excluding hydrogens is 382 g/mol. The van der Waals surface area contributed by atoms with Crippen molar-refractivity contribution >= 4 is 0 Å². The molecule has 0 saturated carbocycles. The van der Waals surface area contributed by atoms with Crippen LogP contribution in [-0.4, -0.2) is 45.5 Å². The number of rotatable bonds is 6. The van der Waals surface area contributed by atoms with Crippen LogP contribution in [0.4, 0.5) is 8.78 Å². The lowest BCUT2D eigenvalue weighted by Crippen LogP contribution is -2.44. The van der Waals surface area contributed by atoms with Gasteiger partial charge in [0, 0.05) is 24.3 Å². The van der Waals surface area contributed by atoms with Crippen molar-refractivity contribution in [1.82, 2.24) is 19.4 Å². The van der Waals surface area contributed by atoms with Gasteiger partial charge in [0.05, 0.1) is 18.2 Å². The van der Waals surface area contributed by atoms with Crippen LogP contribution in [0.15, 0.2) is 61.1 Å². The van der Waals surface area contributed by atoms with E-state index in [1.165, 1.54) is 11.6 Å². The standard InChI is InChI=1S/C24H28F2N4/c1-18(30-16-24(27-17-30)20-8-9-22(25)23(26)14-20)28(2)21-10-12-29(13-11-21)15-19-6-4-3-5-7-19/h3-9,14,16-18,21H,10-13,15H2,1-2H3. The molecule has 6 heteroatoms. The molecule has 1 fully saturated rings. The molecule has 0 radical (unpaired) electrons. The Bertz CT molecular complexity index is 964. The van der Waals surface area contributed by atoms with Crippen LogP contribution in [0.3, 0.4) is 0 Å². The number of nitrogens with zero attached hydrogens (tertiary/aromatic N) is 4. The highest BCUT2D eigenvalue weighted by Crippen LogP contribution is 2.25. The topological polar surface area (TPSA) is 24.3 Å². The van der Waals surface area contributed by atoms with Crippen LogP contribution in [0.5, 0.6) is 0 Å². The summed E-state index contributed by atoms with van der Waals surface area (Å²) in [4.78, 5) is 9.31. The van der Waals surface area contributed by atoms with Crippen LogP contribution in [0.25, 0.3) is 11.3 Å². The molecule has 3 aromatic rings. The first-order valence-corrected chi connectivity index (χ1v) is 10.5. The van der Waals surface area contributed by atoms with Gasteiger partial charge in [0.15, 0.2) is 11.6 Å². The van der Waals surface area contributed by atoms with Gasteiger partial charge < -0.3 is 4.57 Å². The third-order valence-electron chi connectivity index (χ3n) is 6.22. The highest BCUT2D eigenvalue weighted by atomic mass is 19.2. The van der Waals surface area contributed by atoms with Crippen molar-refractivity contribution in [1.29, 1.82) is 0 Å². The Hall–Kier alpha value is -2.57. The first kappa shape index (κ1) is 20.7. The largest absolute Gasteiger partial charge is 0.321 e. The van der Waals surface area contributed by atoms with Gasteiger partial charge in [-0.3, -0.25) is 9.80 Å². The van der Waals surface area contributed by atoms with Gasteiger partial charge in [0.2, 0.25) is 0 Å². The summed E-state index contributed by atoms with van der Waals surface area (Å²) in [6.07, 6.45) is 6.04. The van der Waals surface area contributed by atoms with E-state index in [1.807, 2.05) is 10.8 Å². The van der Waals surface area contributed by atoms with E-state index in [0.29, 0.717) is 17.3 Å². The Morgan fingerprint density at radius 3 is 2.50 bits per heavy atom. The van der Waals surface area contributed by atoms with Crippen molar-refractivity contribution < 1.29 is 8.78 Å². The lowest BCUT2D eigenvalue weighted by atomic mass is 10.0. The van der Waals surface area contributed by atoms with E-state index < -0.39 is 11.6 Å². The van der Waals surface area contributed by atoms with Crippen molar-refractivity contribution in [3.63, 3.8) is 0 Å². The first-order chi connectivity index (χ1) is 14.5. The highest BCUT2D eigenvalue weighted by molar-refractivity contribution is 5.58. The molecule has 0 N–H and O–H groups in total. The quantitative estimate of drug-likeness (QED) is 0.575. The average molecular weight is 411 g/mol. The van der Waals surface area contributed by atoms with Crippen molar-refractivity contribution in [2.75, 3.05) is 20.1 Å². The average Bonchev–Trinajstić information content (AvgIpc) is 3.26. The monoisotopic (exact) mass is 410 g/mol. The minimum atomic E-state index is -0.852. The van der Waals surface area contributed by atoms with Crippen LogP contribution in [0.1, 0.15) is 31.5 Å². The van der Waals surface area contributed by atoms with Gasteiger partial charge in [-0.05, 0) is 63.7 Å². The summed E-state index contributed by atoms with van der Waals surface area (Å²) in [6.45, 7) is 5.32. The molecular formula is C24H28F2N4. The fourth-order valence-corrected chi connectivity index (χ4v) is 4.19. The molecule has 158 valence electrons. The molecule has 2 aromatic carbocycles. The van der Waals surface area contributed by atoms with Crippen LogP contribution in [-0.2, 0) is 6.54 Å². The van der Waals surface area contributed by atoms with Crippen molar-refractivity contribution in [3.8, 4) is 11.3 Å². The Morgan fingerprint density at radius 2 is 1.80 bits per heavy atom. The maximum Gasteiger partial charge on any atom is 0.159 e. The second-order valence-corrected chi connectivity index (χ2v) is 8.13. The van der Waals surface area contributed by atoms with Crippen LogP contribution >= 0.6 is 0 Å². The first-order valence-electron chi connectivity index (χ1n) is 10.5. The predicted molar refractivity (Wildman–Crippen MR) is 115 cm³/mol. The van der Waals surface area contributed by atoms with Crippen molar-refractivity contribution in [3.05, 3.63) is 78.3 Å². The molecule has 4 nitrogen and oxygen atoms in total. The van der Waals surface area contributed by atoms with Gasteiger partial charge in [-0.15, -0.1) is 0 Å². The smallest absolute Gasteiger partial charge is 0.159 e. The van der Waals surface area contributed by atoms with Crippen molar-refractivity contribution in [2.45, 2.75) is 38.5 Å². The minimum Gasteiger partial charge on any atom is -0.321 e. The number of benzene rings is 2. The fourth-order valence-electron chi connectivity index (χ4n) is 4.19. The summed E-state index contributed by atoms with van der Waals surface area (Å²) in [5.74, 6) is -1.70. The van der Waals surface area contributed by atoms with E-state index in [0.717, 1.165) is 38.5 Å². The summed E-state index contributed by atoms with van der Waals surface area (Å²) in [5, 5.41) is 0. The Balaban J connectivity index is 1.35. The lowest BCUT2D eigenvalue weighted by Gasteiger charge is -2.39. The van der Waals surface area contributed by atoms with Crippen LogP contribution in [0, 0.1) is 11.6 Å². The maximum atomic E-state index is 13.5. The number of aromatic nitrogens is 2. The number of piperidine rings is 1. The van der Waals surface area contributed by atoms with E-state index >= 15 is 0 Å². The van der Waals surface area contributed by atoms with E-state index in [-0.39, 0.29) is 6.17 Å². The SMILES string of the molecule is CC(N(C)C1CCN(Cc2ccccc2)CC1)n1cnc(-c2ccc(F)c(F)c2)c1. The van der Waals surface area contributed by atoms with E-state index in [2.05, 4.69) is 59.1 Å². The molecule has 0 aliphatic carbocycles. The number of hydrogen-bond donors (Lipinski definition) is 0. The molecule has 30 heavy (non-hydrogen) atoms. The molecule has 2 heterocycles. The molecule has 1 unspecified atom stereocenters. The number of imidazole rings is 1. The van der Waals surface area contributed by atoms with Gasteiger partial charge in [0.25, 0.3) is 0 Å². The van der Waals surface area contributed by atoms with E-state index in [9.17, 15) is 8.78 Å². The van der Waals surface area contributed by atoms with Gasteiger partial charge in [-0.2, -0.15) is 0 Å². The Morgan fingerprint density at radius 1 is 1.07 bits per heavy atom. The Kier molecular flexibility index (Phi) is 6.25. The Labute approximate surface area is 176 Å². The third-order valence-corrected chi connectivity index (χ3v) is 6.22. The third kappa shape index (κ3) is 4.60. The van der Waals surface area contributed by atoms with Gasteiger partial charge >= 0.3 is 0 Å². The second kappa shape index (κ2) is 9.06. The van der Waals surface area contributed by atoms with Crippen LogP contribution in [0.2, 0.25) is 0 Å². The molecule has 1 aliphatic rings. The molecule has 4 rings (SSSR count). The molecule has 1 saturated heterocycles. The van der Waals surface area contributed by atoms with Gasteiger partial charge in [-0.25, -0.2) is 13.8 Å². The normalized spacial score (nSPS) is 16.8. The van der Waals surface area contributed by atoms with Gasteiger partial charge in [-0.1, -0.05) is 30.3 Å². The lowest BCUT2D eigenvalue weighted by molar-refractivity contribution is 0.0727. The van der Waals surface area contributed by atoms with Crippen LogP contribution < -0.4 is 0 Å². The highest BCUT2D eigenvalue weighted by Gasteiger charge is 2.26. The number of halogens is 2. The fraction of sp³-hybridized carbons (Fsp3) is 0.375. The zero-order valence-electron chi connectivity index (χ0n) is 17.5. The molecule has 0 spiro atoms. The zero-order chi connectivity index (χ0) is 21.1. The summed E-state index contributed by atoms with van der Waals surface area (Å²) in [6, 6.07) is 15.0. The molecule has 1 atom stereocenters. The summed E-state index contributed by atoms with van der Waals surface area (Å²) < 4.78 is 28.8. The minimum absolute atomic E-state index is 0.127. The van der Waals surface area contributed by atoms with E-state index in [4.69, 9.17) is 0 Å². The molecule has 1 aromatic heterocycles. The number of likely N-dealkylation sites (tertiary alicyclic amines) is 1. The molecule has 0 amide bonds. The zero-order valence-corrected chi connectivity index (χ0v) is 17.5. The summed E-state index contributed by atoms with van der Waals surface area (Å²) >= 11 is 0. The maximum absolute atomic E-state index is 13.5.